The summed E-state index contributed by atoms with van der Waals surface area (Å²) in [5, 5.41) is 3.32. The molecule has 1 fully saturated rings. The molecule has 5 rings (SSSR count). The quantitative estimate of drug-likeness (QED) is 0.455. The third-order valence-corrected chi connectivity index (χ3v) is 8.25. The molecule has 33 heavy (non-hydrogen) atoms. The molecule has 1 saturated carbocycles. The van der Waals surface area contributed by atoms with Crippen molar-refractivity contribution in [2.45, 2.75) is 49.8 Å². The number of aryl methyl sites for hydroxylation is 1. The molecule has 2 aliphatic rings. The molecular weight excluding hydrogens is 462 g/mol. The van der Waals surface area contributed by atoms with E-state index in [1.165, 1.54) is 9.20 Å². The summed E-state index contributed by atoms with van der Waals surface area (Å²) in [5.74, 6) is 0.233. The Morgan fingerprint density at radius 3 is 2.73 bits per heavy atom. The number of nitrogens with zero attached hydrogens (tertiary/aromatic N) is 2. The molecule has 1 aromatic carbocycles. The number of rotatable bonds is 6. The van der Waals surface area contributed by atoms with E-state index in [4.69, 9.17) is 0 Å². The summed E-state index contributed by atoms with van der Waals surface area (Å²) < 4.78 is 34.8. The van der Waals surface area contributed by atoms with Crippen LogP contribution in [0.3, 0.4) is 0 Å². The van der Waals surface area contributed by atoms with Crippen LogP contribution in [-0.4, -0.2) is 22.9 Å². The SMILES string of the molecule is CC(C)CCn1c(=O)c(=C2Nc3ccc(NSC4CC4)cc3S(=O)(=O)N2)c(=O)c2cccn21. The van der Waals surface area contributed by atoms with E-state index in [0.717, 1.165) is 19.3 Å². The largest absolute Gasteiger partial charge is 0.339 e. The number of aromatic nitrogens is 2. The van der Waals surface area contributed by atoms with Gasteiger partial charge in [0.2, 0.25) is 5.43 Å². The number of benzene rings is 1. The maximum atomic E-state index is 13.4. The summed E-state index contributed by atoms with van der Waals surface area (Å²) in [6.45, 7) is 4.50. The first-order valence-electron chi connectivity index (χ1n) is 10.9. The molecule has 0 amide bonds. The first-order valence-corrected chi connectivity index (χ1v) is 13.2. The maximum absolute atomic E-state index is 13.4. The highest BCUT2D eigenvalue weighted by Crippen LogP contribution is 2.36. The van der Waals surface area contributed by atoms with E-state index in [9.17, 15) is 18.0 Å². The summed E-state index contributed by atoms with van der Waals surface area (Å²) in [6.07, 6.45) is 4.70. The molecule has 2 aromatic heterocycles. The molecule has 0 atom stereocenters. The van der Waals surface area contributed by atoms with Gasteiger partial charge >= 0.3 is 0 Å². The van der Waals surface area contributed by atoms with Gasteiger partial charge in [0.25, 0.3) is 15.6 Å². The van der Waals surface area contributed by atoms with E-state index in [1.54, 1.807) is 48.5 Å². The van der Waals surface area contributed by atoms with Crippen molar-refractivity contribution < 1.29 is 8.42 Å². The van der Waals surface area contributed by atoms with E-state index in [0.29, 0.717) is 34.6 Å². The van der Waals surface area contributed by atoms with E-state index < -0.39 is 21.0 Å². The highest BCUT2D eigenvalue weighted by molar-refractivity contribution is 8.01. The van der Waals surface area contributed by atoms with Crippen LogP contribution in [0.15, 0.2) is 51.0 Å². The summed E-state index contributed by atoms with van der Waals surface area (Å²) in [6, 6.07) is 8.28. The Bertz CT molecular complexity index is 1520. The van der Waals surface area contributed by atoms with Crippen LogP contribution in [0.5, 0.6) is 0 Å². The number of sulfonamides is 1. The molecule has 9 nitrogen and oxygen atoms in total. The van der Waals surface area contributed by atoms with Crippen molar-refractivity contribution in [1.29, 1.82) is 0 Å². The van der Waals surface area contributed by atoms with E-state index >= 15 is 0 Å². The van der Waals surface area contributed by atoms with Crippen LogP contribution < -0.4 is 31.0 Å². The molecule has 174 valence electrons. The fraction of sp³-hybridized carbons (Fsp3) is 0.364. The van der Waals surface area contributed by atoms with Gasteiger partial charge in [-0.1, -0.05) is 13.8 Å². The Morgan fingerprint density at radius 1 is 1.21 bits per heavy atom. The summed E-state index contributed by atoms with van der Waals surface area (Å²) in [4.78, 5) is 26.6. The lowest BCUT2D eigenvalue weighted by molar-refractivity contribution is 0.455. The van der Waals surface area contributed by atoms with Crippen molar-refractivity contribution >= 4 is 44.7 Å². The molecule has 3 N–H and O–H groups in total. The summed E-state index contributed by atoms with van der Waals surface area (Å²) in [5.41, 5.74) is 0.227. The zero-order valence-electron chi connectivity index (χ0n) is 18.3. The zero-order valence-corrected chi connectivity index (χ0v) is 19.9. The Labute approximate surface area is 195 Å². The van der Waals surface area contributed by atoms with Crippen LogP contribution in [0, 0.1) is 5.92 Å². The summed E-state index contributed by atoms with van der Waals surface area (Å²) in [7, 11) is -3.99. The topological polar surface area (TPSA) is 114 Å². The maximum Gasteiger partial charge on any atom is 0.280 e. The Kier molecular flexibility index (Phi) is 5.40. The minimum Gasteiger partial charge on any atom is -0.339 e. The van der Waals surface area contributed by atoms with Crippen molar-refractivity contribution in [3.05, 3.63) is 62.3 Å². The van der Waals surface area contributed by atoms with Crippen molar-refractivity contribution in [1.82, 2.24) is 13.9 Å². The van der Waals surface area contributed by atoms with Crippen LogP contribution in [-0.2, 0) is 16.6 Å². The average Bonchev–Trinajstić information content (AvgIpc) is 3.46. The molecule has 3 aromatic rings. The molecule has 0 saturated heterocycles. The predicted molar refractivity (Wildman–Crippen MR) is 131 cm³/mol. The Hall–Kier alpha value is -2.92. The minimum atomic E-state index is -3.99. The lowest BCUT2D eigenvalue weighted by Gasteiger charge is -2.23. The Balaban J connectivity index is 1.64. The third-order valence-electron chi connectivity index (χ3n) is 5.70. The molecule has 1 aliphatic carbocycles. The van der Waals surface area contributed by atoms with Crippen LogP contribution in [0.1, 0.15) is 33.1 Å². The van der Waals surface area contributed by atoms with Crippen LogP contribution >= 0.6 is 11.9 Å². The van der Waals surface area contributed by atoms with Gasteiger partial charge in [0.1, 0.15) is 21.5 Å². The van der Waals surface area contributed by atoms with Gasteiger partial charge in [0, 0.05) is 23.7 Å². The van der Waals surface area contributed by atoms with Gasteiger partial charge in [-0.2, -0.15) is 0 Å². The van der Waals surface area contributed by atoms with Gasteiger partial charge in [0.05, 0.1) is 5.69 Å². The van der Waals surface area contributed by atoms with Gasteiger partial charge in [0.15, 0.2) is 0 Å². The monoisotopic (exact) mass is 487 g/mol. The number of fused-ring (bicyclic) bond motifs is 2. The van der Waals surface area contributed by atoms with Crippen molar-refractivity contribution in [3.63, 3.8) is 0 Å². The van der Waals surface area contributed by atoms with Gasteiger partial charge in [-0.3, -0.25) is 18.8 Å². The van der Waals surface area contributed by atoms with Crippen molar-refractivity contribution in [3.8, 4) is 0 Å². The van der Waals surface area contributed by atoms with E-state index in [2.05, 4.69) is 28.6 Å². The van der Waals surface area contributed by atoms with Gasteiger partial charge in [-0.15, -0.1) is 0 Å². The molecule has 1 aliphatic heterocycles. The molecule has 0 bridgehead atoms. The number of nitrogens with one attached hydrogen (secondary N) is 3. The smallest absolute Gasteiger partial charge is 0.280 e. The predicted octanol–water partition coefficient (Wildman–Crippen LogP) is 1.92. The highest BCUT2D eigenvalue weighted by Gasteiger charge is 2.29. The fourth-order valence-corrected chi connectivity index (χ4v) is 5.76. The number of hydrogen-bond acceptors (Lipinski definition) is 7. The second kappa shape index (κ2) is 8.14. The van der Waals surface area contributed by atoms with Gasteiger partial charge in [-0.05, 0) is 67.5 Å². The fourth-order valence-electron chi connectivity index (χ4n) is 3.74. The molecule has 0 radical (unpaired) electrons. The number of anilines is 2. The van der Waals surface area contributed by atoms with Crippen LogP contribution in [0.2, 0.25) is 0 Å². The molecule has 0 unspecified atom stereocenters. The molecule has 11 heteroatoms. The van der Waals surface area contributed by atoms with Gasteiger partial charge < -0.3 is 10.0 Å². The second-order valence-electron chi connectivity index (χ2n) is 8.79. The van der Waals surface area contributed by atoms with Crippen LogP contribution in [0.25, 0.3) is 11.3 Å². The van der Waals surface area contributed by atoms with Crippen molar-refractivity contribution in [2.24, 2.45) is 5.92 Å². The van der Waals surface area contributed by atoms with Crippen LogP contribution in [0.4, 0.5) is 11.4 Å². The number of hydrogen-bond donors (Lipinski definition) is 3. The van der Waals surface area contributed by atoms with E-state index in [1.807, 2.05) is 0 Å². The lowest BCUT2D eigenvalue weighted by atomic mass is 10.1. The zero-order chi connectivity index (χ0) is 23.3. The molecule has 0 spiro atoms. The normalized spacial score (nSPS) is 18.6. The highest BCUT2D eigenvalue weighted by atomic mass is 32.2. The molecule has 3 heterocycles. The molecular formula is C22H25N5O4S2. The first-order chi connectivity index (χ1) is 15.7. The second-order valence-corrected chi connectivity index (χ2v) is 11.5. The third kappa shape index (κ3) is 4.10. The standard InChI is InChI=1S/C22H25N5O4S2/c1-13(2)9-11-27-22(29)19(20(28)17-4-3-10-26(17)27)21-23-16-8-5-14(24-32-15-6-7-15)12-18(16)33(30,31)25-21/h3-5,8,10,12-13,15,23-25H,6-7,9,11H2,1-2H3. The Morgan fingerprint density at radius 2 is 2.00 bits per heavy atom. The minimum absolute atomic E-state index is 0.0593. The lowest BCUT2D eigenvalue weighted by Crippen LogP contribution is -2.52. The van der Waals surface area contributed by atoms with Crippen molar-refractivity contribution in [2.75, 3.05) is 10.0 Å². The summed E-state index contributed by atoms with van der Waals surface area (Å²) >= 11 is 1.58. The van der Waals surface area contributed by atoms with E-state index in [-0.39, 0.29) is 15.9 Å². The first kappa shape index (κ1) is 21.9. The van der Waals surface area contributed by atoms with Gasteiger partial charge in [-0.25, -0.2) is 13.1 Å². The average molecular weight is 488 g/mol.